The van der Waals surface area contributed by atoms with Gasteiger partial charge in [0.05, 0.1) is 4.88 Å². The molecule has 0 aliphatic rings. The summed E-state index contributed by atoms with van der Waals surface area (Å²) >= 11 is 1.33. The van der Waals surface area contributed by atoms with E-state index in [4.69, 9.17) is 0 Å². The van der Waals surface area contributed by atoms with Crippen LogP contribution in [0.3, 0.4) is 0 Å². The minimum atomic E-state index is -0.274. The summed E-state index contributed by atoms with van der Waals surface area (Å²) in [6, 6.07) is 13.9. The molecule has 3 aromatic rings. The van der Waals surface area contributed by atoms with Crippen molar-refractivity contribution in [2.24, 2.45) is 0 Å². The molecule has 0 bridgehead atoms. The maximum Gasteiger partial charge on any atom is 0.203 e. The molecule has 0 saturated carbocycles. The lowest BCUT2D eigenvalue weighted by Gasteiger charge is -2.01. The third-order valence-electron chi connectivity index (χ3n) is 3.10. The van der Waals surface area contributed by atoms with Crippen molar-refractivity contribution >= 4 is 27.2 Å². The molecule has 0 unspecified atom stereocenters. The highest BCUT2D eigenvalue weighted by molar-refractivity contribution is 7.21. The van der Waals surface area contributed by atoms with E-state index in [1.165, 1.54) is 23.5 Å². The number of halogens is 1. The van der Waals surface area contributed by atoms with Gasteiger partial charge in [0.1, 0.15) is 5.82 Å². The molecule has 19 heavy (non-hydrogen) atoms. The van der Waals surface area contributed by atoms with E-state index in [-0.39, 0.29) is 11.6 Å². The van der Waals surface area contributed by atoms with Gasteiger partial charge in [-0.25, -0.2) is 4.39 Å². The molecule has 0 spiro atoms. The fourth-order valence-corrected chi connectivity index (χ4v) is 3.12. The quantitative estimate of drug-likeness (QED) is 0.623. The number of carbonyl (C=O) groups is 1. The van der Waals surface area contributed by atoms with Crippen LogP contribution in [0.2, 0.25) is 0 Å². The molecule has 0 fully saturated rings. The average Bonchev–Trinajstić information content (AvgIpc) is 2.81. The number of fused-ring (bicyclic) bond motifs is 1. The van der Waals surface area contributed by atoms with E-state index >= 15 is 0 Å². The molecule has 0 atom stereocenters. The minimum absolute atomic E-state index is 0.000270. The molecule has 0 aliphatic carbocycles. The Morgan fingerprint density at radius 1 is 1.11 bits per heavy atom. The standard InChI is InChI=1S/C16H11FOS/c1-10-4-2-3-5-13(10)16(18)15-8-11-6-7-12(17)9-14(11)19-15/h2-9H,1H3. The van der Waals surface area contributed by atoms with Crippen LogP contribution in [0.1, 0.15) is 20.8 Å². The fraction of sp³-hybridized carbons (Fsp3) is 0.0625. The summed E-state index contributed by atoms with van der Waals surface area (Å²) < 4.78 is 14.0. The van der Waals surface area contributed by atoms with Crippen LogP contribution in [-0.2, 0) is 0 Å². The van der Waals surface area contributed by atoms with E-state index in [2.05, 4.69) is 0 Å². The van der Waals surface area contributed by atoms with Gasteiger partial charge in [0, 0.05) is 10.3 Å². The van der Waals surface area contributed by atoms with E-state index < -0.39 is 0 Å². The summed E-state index contributed by atoms with van der Waals surface area (Å²) in [4.78, 5) is 13.1. The van der Waals surface area contributed by atoms with Crippen molar-refractivity contribution in [2.45, 2.75) is 6.92 Å². The maximum absolute atomic E-state index is 13.2. The van der Waals surface area contributed by atoms with E-state index in [1.54, 1.807) is 6.07 Å². The smallest absolute Gasteiger partial charge is 0.203 e. The second-order valence-electron chi connectivity index (χ2n) is 4.44. The molecule has 0 saturated heterocycles. The number of hydrogen-bond acceptors (Lipinski definition) is 2. The largest absolute Gasteiger partial charge is 0.288 e. The third kappa shape index (κ3) is 2.17. The monoisotopic (exact) mass is 270 g/mol. The molecule has 1 heterocycles. The van der Waals surface area contributed by atoms with Gasteiger partial charge in [-0.3, -0.25) is 4.79 Å². The summed E-state index contributed by atoms with van der Waals surface area (Å²) in [5.41, 5.74) is 1.66. The lowest BCUT2D eigenvalue weighted by atomic mass is 10.0. The molecule has 1 nitrogen and oxygen atoms in total. The van der Waals surface area contributed by atoms with Crippen molar-refractivity contribution in [1.82, 2.24) is 0 Å². The molecule has 0 aliphatic heterocycles. The van der Waals surface area contributed by atoms with Crippen molar-refractivity contribution in [2.75, 3.05) is 0 Å². The Hall–Kier alpha value is -2.00. The second kappa shape index (κ2) is 4.59. The normalized spacial score (nSPS) is 10.8. The Kier molecular flexibility index (Phi) is 2.91. The molecule has 1 aromatic heterocycles. The lowest BCUT2D eigenvalue weighted by Crippen LogP contribution is -2.00. The minimum Gasteiger partial charge on any atom is -0.288 e. The number of thiophene rings is 1. The van der Waals surface area contributed by atoms with Crippen molar-refractivity contribution < 1.29 is 9.18 Å². The number of hydrogen-bond donors (Lipinski definition) is 0. The van der Waals surface area contributed by atoms with Crippen LogP contribution in [-0.4, -0.2) is 5.78 Å². The molecule has 0 amide bonds. The van der Waals surface area contributed by atoms with Crippen LogP contribution in [0.25, 0.3) is 10.1 Å². The SMILES string of the molecule is Cc1ccccc1C(=O)c1cc2ccc(F)cc2s1. The number of benzene rings is 2. The van der Waals surface area contributed by atoms with Gasteiger partial charge >= 0.3 is 0 Å². The van der Waals surface area contributed by atoms with Crippen LogP contribution >= 0.6 is 11.3 Å². The van der Waals surface area contributed by atoms with Gasteiger partial charge in [0.2, 0.25) is 5.78 Å². The van der Waals surface area contributed by atoms with Crippen LogP contribution < -0.4 is 0 Å². The number of aryl methyl sites for hydroxylation is 1. The molecular formula is C16H11FOS. The van der Waals surface area contributed by atoms with Gasteiger partial charge in [-0.05, 0) is 36.1 Å². The second-order valence-corrected chi connectivity index (χ2v) is 5.52. The highest BCUT2D eigenvalue weighted by atomic mass is 32.1. The first-order valence-electron chi connectivity index (χ1n) is 5.94. The van der Waals surface area contributed by atoms with E-state index in [1.807, 2.05) is 37.3 Å². The summed E-state index contributed by atoms with van der Waals surface area (Å²) in [5.74, 6) is -0.274. The Labute approximate surface area is 114 Å². The van der Waals surface area contributed by atoms with E-state index in [0.29, 0.717) is 10.4 Å². The summed E-state index contributed by atoms with van der Waals surface area (Å²) in [5, 5.41) is 0.906. The van der Waals surface area contributed by atoms with Gasteiger partial charge in [-0.2, -0.15) is 0 Å². The topological polar surface area (TPSA) is 17.1 Å². The van der Waals surface area contributed by atoms with Crippen molar-refractivity contribution in [1.29, 1.82) is 0 Å². The Morgan fingerprint density at radius 2 is 1.89 bits per heavy atom. The molecular weight excluding hydrogens is 259 g/mol. The number of ketones is 1. The number of carbonyl (C=O) groups excluding carboxylic acids is 1. The van der Waals surface area contributed by atoms with Gasteiger partial charge in [-0.1, -0.05) is 30.3 Å². The van der Waals surface area contributed by atoms with Crippen LogP contribution in [0, 0.1) is 12.7 Å². The predicted molar refractivity (Wildman–Crippen MR) is 76.4 cm³/mol. The van der Waals surface area contributed by atoms with E-state index in [9.17, 15) is 9.18 Å². The fourth-order valence-electron chi connectivity index (χ4n) is 2.08. The van der Waals surface area contributed by atoms with Crippen molar-refractivity contribution in [3.8, 4) is 0 Å². The summed E-state index contributed by atoms with van der Waals surface area (Å²) in [6.45, 7) is 1.92. The van der Waals surface area contributed by atoms with Crippen LogP contribution in [0.15, 0.2) is 48.5 Å². The number of rotatable bonds is 2. The maximum atomic E-state index is 13.2. The zero-order chi connectivity index (χ0) is 13.4. The lowest BCUT2D eigenvalue weighted by molar-refractivity contribution is 0.104. The summed E-state index contributed by atoms with van der Waals surface area (Å²) in [6.07, 6.45) is 0. The Balaban J connectivity index is 2.09. The zero-order valence-corrected chi connectivity index (χ0v) is 11.1. The highest BCUT2D eigenvalue weighted by Crippen LogP contribution is 2.28. The molecule has 94 valence electrons. The molecule has 3 rings (SSSR count). The zero-order valence-electron chi connectivity index (χ0n) is 10.3. The van der Waals surface area contributed by atoms with Gasteiger partial charge < -0.3 is 0 Å². The summed E-state index contributed by atoms with van der Waals surface area (Å²) in [7, 11) is 0. The Morgan fingerprint density at radius 3 is 2.68 bits per heavy atom. The molecule has 0 radical (unpaired) electrons. The van der Waals surface area contributed by atoms with Gasteiger partial charge in [-0.15, -0.1) is 11.3 Å². The first-order chi connectivity index (χ1) is 9.15. The Bertz CT molecular complexity index is 773. The van der Waals surface area contributed by atoms with Gasteiger partial charge in [0.25, 0.3) is 0 Å². The molecule has 2 aromatic carbocycles. The molecule has 0 N–H and O–H groups in total. The first kappa shape index (κ1) is 12.1. The van der Waals surface area contributed by atoms with Crippen molar-refractivity contribution in [3.05, 3.63) is 70.4 Å². The predicted octanol–water partition coefficient (Wildman–Crippen LogP) is 4.58. The third-order valence-corrected chi connectivity index (χ3v) is 4.19. The van der Waals surface area contributed by atoms with E-state index in [0.717, 1.165) is 15.6 Å². The average molecular weight is 270 g/mol. The van der Waals surface area contributed by atoms with Crippen LogP contribution in [0.4, 0.5) is 4.39 Å². The first-order valence-corrected chi connectivity index (χ1v) is 6.76. The highest BCUT2D eigenvalue weighted by Gasteiger charge is 2.14. The van der Waals surface area contributed by atoms with Crippen molar-refractivity contribution in [3.63, 3.8) is 0 Å². The molecule has 3 heteroatoms. The van der Waals surface area contributed by atoms with Gasteiger partial charge in [0.15, 0.2) is 0 Å². The van der Waals surface area contributed by atoms with Crippen LogP contribution in [0.5, 0.6) is 0 Å².